The van der Waals surface area contributed by atoms with Gasteiger partial charge >= 0.3 is 0 Å². The average Bonchev–Trinajstić information content (AvgIpc) is 3.28. The molecule has 1 heterocycles. The second kappa shape index (κ2) is 9.91. The number of anilines is 2. The Morgan fingerprint density at radius 3 is 2.52 bits per heavy atom. The lowest BCUT2D eigenvalue weighted by Gasteiger charge is -2.09. The van der Waals surface area contributed by atoms with Crippen LogP contribution in [0.2, 0.25) is 0 Å². The zero-order chi connectivity index (χ0) is 23.2. The lowest BCUT2D eigenvalue weighted by Crippen LogP contribution is -2.27. The van der Waals surface area contributed by atoms with E-state index >= 15 is 0 Å². The van der Waals surface area contributed by atoms with Crippen LogP contribution in [-0.4, -0.2) is 25.0 Å². The first-order valence-electron chi connectivity index (χ1n) is 10.7. The molecule has 3 aromatic carbocycles. The zero-order valence-electron chi connectivity index (χ0n) is 18.3. The third kappa shape index (κ3) is 5.15. The maximum absolute atomic E-state index is 12.4. The van der Waals surface area contributed by atoms with Crippen molar-refractivity contribution in [1.29, 1.82) is 0 Å². The number of hydrogen-bond donors (Lipinski definition) is 3. The van der Waals surface area contributed by atoms with Gasteiger partial charge in [0.25, 0.3) is 11.8 Å². The van der Waals surface area contributed by atoms with E-state index in [1.54, 1.807) is 54.6 Å². The van der Waals surface area contributed by atoms with Crippen LogP contribution < -0.4 is 21.1 Å². The van der Waals surface area contributed by atoms with Crippen molar-refractivity contribution < 1.29 is 18.7 Å². The molecule has 0 radical (unpaired) electrons. The molecule has 0 unspecified atom stereocenters. The molecule has 4 aromatic rings. The van der Waals surface area contributed by atoms with Gasteiger partial charge in [-0.15, -0.1) is 0 Å². The number of benzene rings is 3. The molecule has 0 bridgehead atoms. The Morgan fingerprint density at radius 1 is 0.970 bits per heavy atom. The Balaban J connectivity index is 1.26. The van der Waals surface area contributed by atoms with Gasteiger partial charge in [-0.05, 0) is 54.4 Å². The number of nitrogens with one attached hydrogen (secondary N) is 2. The normalized spacial score (nSPS) is 10.7. The lowest BCUT2D eigenvalue weighted by molar-refractivity contribution is 0.0920. The molecule has 0 atom stereocenters. The summed E-state index contributed by atoms with van der Waals surface area (Å²) in [5.74, 6) is 0.324. The van der Waals surface area contributed by atoms with Crippen LogP contribution >= 0.6 is 0 Å². The van der Waals surface area contributed by atoms with E-state index < -0.39 is 0 Å². The van der Waals surface area contributed by atoms with Gasteiger partial charge in [0.05, 0.1) is 17.9 Å². The van der Waals surface area contributed by atoms with E-state index in [4.69, 9.17) is 14.9 Å². The summed E-state index contributed by atoms with van der Waals surface area (Å²) in [5.41, 5.74) is 9.23. The van der Waals surface area contributed by atoms with Crippen molar-refractivity contribution in [3.8, 4) is 5.75 Å². The van der Waals surface area contributed by atoms with Gasteiger partial charge in [-0.1, -0.05) is 37.3 Å². The smallest absolute Gasteiger partial charge is 0.287 e. The fraction of sp³-hybridized carbons (Fsp3) is 0.154. The molecule has 0 saturated heterocycles. The van der Waals surface area contributed by atoms with Crippen LogP contribution in [0.5, 0.6) is 5.75 Å². The summed E-state index contributed by atoms with van der Waals surface area (Å²) < 4.78 is 11.4. The summed E-state index contributed by atoms with van der Waals surface area (Å²) in [6.45, 7) is 2.64. The quantitative estimate of drug-likeness (QED) is 0.272. The van der Waals surface area contributed by atoms with Crippen LogP contribution in [0.25, 0.3) is 11.0 Å². The maximum atomic E-state index is 12.4. The highest BCUT2D eigenvalue weighted by Crippen LogP contribution is 2.23. The Bertz CT molecular complexity index is 1280. The summed E-state index contributed by atoms with van der Waals surface area (Å²) in [5, 5.41) is 6.49. The molecule has 0 saturated carbocycles. The number of carbonyl (C=O) groups excluding carboxylic acids is 2. The molecule has 0 fully saturated rings. The van der Waals surface area contributed by atoms with Crippen LogP contribution in [0.3, 0.4) is 0 Å². The van der Waals surface area contributed by atoms with Gasteiger partial charge in [0.2, 0.25) is 0 Å². The number of aryl methyl sites for hydroxylation is 1. The third-order valence-electron chi connectivity index (χ3n) is 5.21. The largest absolute Gasteiger partial charge is 0.492 e. The Hall–Kier alpha value is -4.26. The number of nitrogen functional groups attached to an aromatic ring is 1. The molecule has 4 N–H and O–H groups in total. The van der Waals surface area contributed by atoms with Crippen molar-refractivity contribution in [3.05, 3.63) is 89.7 Å². The molecule has 0 aliphatic heterocycles. The third-order valence-corrected chi connectivity index (χ3v) is 5.21. The highest BCUT2D eigenvalue weighted by atomic mass is 16.5. The van der Waals surface area contributed by atoms with Gasteiger partial charge < -0.3 is 25.5 Å². The van der Waals surface area contributed by atoms with Crippen molar-refractivity contribution in [2.75, 3.05) is 24.2 Å². The van der Waals surface area contributed by atoms with E-state index in [-0.39, 0.29) is 24.2 Å². The molecule has 2 amide bonds. The van der Waals surface area contributed by atoms with Gasteiger partial charge in [-0.3, -0.25) is 9.59 Å². The molecule has 0 spiro atoms. The summed E-state index contributed by atoms with van der Waals surface area (Å²) in [6, 6.07) is 21.4. The van der Waals surface area contributed by atoms with Crippen molar-refractivity contribution in [2.45, 2.75) is 13.3 Å². The molecule has 1 aromatic heterocycles. The molecule has 33 heavy (non-hydrogen) atoms. The summed E-state index contributed by atoms with van der Waals surface area (Å²) in [4.78, 5) is 24.8. The Morgan fingerprint density at radius 2 is 1.76 bits per heavy atom. The van der Waals surface area contributed by atoms with E-state index in [0.29, 0.717) is 29.2 Å². The first-order valence-corrected chi connectivity index (χ1v) is 10.7. The van der Waals surface area contributed by atoms with Crippen LogP contribution in [-0.2, 0) is 6.42 Å². The van der Waals surface area contributed by atoms with Gasteiger partial charge in [-0.2, -0.15) is 0 Å². The van der Waals surface area contributed by atoms with Gasteiger partial charge in [-0.25, -0.2) is 0 Å². The number of ether oxygens (including phenoxy) is 1. The first-order chi connectivity index (χ1) is 16.0. The second-order valence-corrected chi connectivity index (χ2v) is 7.47. The van der Waals surface area contributed by atoms with Crippen molar-refractivity contribution >= 4 is 34.2 Å². The molecular weight excluding hydrogens is 418 g/mol. The lowest BCUT2D eigenvalue weighted by atomic mass is 10.1. The maximum Gasteiger partial charge on any atom is 0.287 e. The highest BCUT2D eigenvalue weighted by Gasteiger charge is 2.13. The average molecular weight is 444 g/mol. The number of rotatable bonds is 8. The predicted octanol–water partition coefficient (Wildman–Crippen LogP) is 4.64. The van der Waals surface area contributed by atoms with E-state index in [2.05, 4.69) is 10.6 Å². The number of hydrogen-bond acceptors (Lipinski definition) is 5. The fourth-order valence-electron chi connectivity index (χ4n) is 3.44. The monoisotopic (exact) mass is 443 g/mol. The predicted molar refractivity (Wildman–Crippen MR) is 129 cm³/mol. The van der Waals surface area contributed by atoms with Gasteiger partial charge in [0.15, 0.2) is 5.76 Å². The van der Waals surface area contributed by atoms with E-state index in [9.17, 15) is 9.59 Å². The van der Waals surface area contributed by atoms with Crippen molar-refractivity contribution in [2.24, 2.45) is 0 Å². The van der Waals surface area contributed by atoms with Crippen molar-refractivity contribution in [1.82, 2.24) is 5.32 Å². The van der Waals surface area contributed by atoms with Gasteiger partial charge in [0.1, 0.15) is 17.9 Å². The number of carbonyl (C=O) groups is 2. The minimum atomic E-state index is -0.288. The molecule has 0 aliphatic rings. The van der Waals surface area contributed by atoms with E-state index in [1.807, 2.05) is 25.1 Å². The molecule has 7 heteroatoms. The Labute approximate surface area is 191 Å². The number of furan rings is 1. The van der Waals surface area contributed by atoms with Crippen LogP contribution in [0.15, 0.2) is 77.2 Å². The molecule has 7 nitrogen and oxygen atoms in total. The topological polar surface area (TPSA) is 107 Å². The minimum Gasteiger partial charge on any atom is -0.492 e. The summed E-state index contributed by atoms with van der Waals surface area (Å²) in [7, 11) is 0. The fourth-order valence-corrected chi connectivity index (χ4v) is 3.44. The summed E-state index contributed by atoms with van der Waals surface area (Å²) >= 11 is 0. The Kier molecular flexibility index (Phi) is 6.59. The SMILES string of the molecule is CCc1cccc2cc(C(=O)NCCOc3ccc(C(=O)Nc4ccccc4N)cc3)oc12. The number of para-hydroxylation sites is 3. The minimum absolute atomic E-state index is 0.260. The van der Waals surface area contributed by atoms with E-state index in [0.717, 1.165) is 23.0 Å². The van der Waals surface area contributed by atoms with E-state index in [1.165, 1.54) is 0 Å². The highest BCUT2D eigenvalue weighted by molar-refractivity contribution is 6.05. The molecule has 0 aliphatic carbocycles. The molecule has 168 valence electrons. The molecule has 4 rings (SSSR count). The first kappa shape index (κ1) is 22.0. The van der Waals surface area contributed by atoms with Crippen LogP contribution in [0.1, 0.15) is 33.4 Å². The number of amides is 2. The van der Waals surface area contributed by atoms with Crippen LogP contribution in [0.4, 0.5) is 11.4 Å². The molecular formula is C26H25N3O4. The second-order valence-electron chi connectivity index (χ2n) is 7.47. The van der Waals surface area contributed by atoms with Gasteiger partial charge in [0, 0.05) is 10.9 Å². The number of nitrogens with two attached hydrogens (primary N) is 1. The summed E-state index contributed by atoms with van der Waals surface area (Å²) in [6.07, 6.45) is 0.834. The van der Waals surface area contributed by atoms with Crippen LogP contribution in [0, 0.1) is 0 Å². The number of fused-ring (bicyclic) bond motifs is 1. The zero-order valence-corrected chi connectivity index (χ0v) is 18.3. The van der Waals surface area contributed by atoms with Crippen molar-refractivity contribution in [3.63, 3.8) is 0 Å². The standard InChI is InChI=1S/C26H25N3O4/c1-2-17-6-5-7-19-16-23(33-24(17)19)26(31)28-14-15-32-20-12-10-18(11-13-20)25(30)29-22-9-4-3-8-21(22)27/h3-13,16H,2,14-15,27H2,1H3,(H,28,31)(H,29,30).